The molecule has 2 saturated heterocycles. The monoisotopic (exact) mass is 815 g/mol. The van der Waals surface area contributed by atoms with E-state index in [0.29, 0.717) is 35.7 Å². The number of aliphatic hydroxyl groups excluding tert-OH is 1. The van der Waals surface area contributed by atoms with Gasteiger partial charge in [-0.25, -0.2) is 0 Å². The number of benzene rings is 4. The number of aliphatic hydroxyl groups is 1. The molecule has 13 nitrogen and oxygen atoms in total. The minimum absolute atomic E-state index is 0.00483. The Hall–Kier alpha value is -5.83. The van der Waals surface area contributed by atoms with E-state index in [4.69, 9.17) is 9.47 Å². The second-order valence-corrected chi connectivity index (χ2v) is 21.2. The summed E-state index contributed by atoms with van der Waals surface area (Å²) in [7, 11) is -0.999. The molecular formula is C45H49N5O8Si. The molecule has 59 heavy (non-hydrogen) atoms. The van der Waals surface area contributed by atoms with Crippen molar-refractivity contribution in [2.75, 3.05) is 30.5 Å². The first-order chi connectivity index (χ1) is 28.3. The molecule has 3 aliphatic heterocycles. The minimum Gasteiger partial charge on any atom is -0.497 e. The maximum Gasteiger partial charge on any atom is 0.269 e. The highest BCUT2D eigenvalue weighted by Gasteiger charge is 2.67. The molecule has 3 N–H and O–H groups in total. The normalized spacial score (nSPS) is 22.6. The average Bonchev–Trinajstić information content (AvgIpc) is 4.00. The highest BCUT2D eigenvalue weighted by Crippen LogP contribution is 2.60. The number of nitro benzene ring substituents is 1. The predicted octanol–water partition coefficient (Wildman–Crippen LogP) is 6.40. The van der Waals surface area contributed by atoms with Crippen LogP contribution in [0.25, 0.3) is 10.9 Å². The number of para-hydroxylation sites is 1. The number of fused-ring (bicyclic) bond motifs is 3. The standard InChI is InChI=1S/C45H49N5O8Si/c1-28-43(59(3,4)35-18-16-34(57-2)17-19-35)40(24-42(53)48-21-7-8-33(48)27-51)58-45(28)37-23-32(50(55)56)15-20-39(37)49(44(45)54)26-29-11-13-31(14-12-29)47-41(52)22-30-25-46-38-10-6-5-9-36(30)38/h5-6,9-20,23,25,28,33,40,43,46,51H,7-8,21-22,24,26-27H2,1-4H3,(H,47,52)/t28-,33-,40+,43-,45+/m0/s1. The van der Waals surface area contributed by atoms with Crippen molar-refractivity contribution in [1.29, 1.82) is 0 Å². The Bertz CT molecular complexity index is 2420. The van der Waals surface area contributed by atoms with Gasteiger partial charge in [-0.15, -0.1) is 0 Å². The number of carbonyl (C=O) groups excluding carboxylic acids is 3. The van der Waals surface area contributed by atoms with E-state index < -0.39 is 30.6 Å². The maximum absolute atomic E-state index is 15.3. The largest absolute Gasteiger partial charge is 0.497 e. The third kappa shape index (κ3) is 7.08. The zero-order valence-corrected chi connectivity index (χ0v) is 34.6. The Morgan fingerprint density at radius 3 is 2.53 bits per heavy atom. The molecule has 0 radical (unpaired) electrons. The Morgan fingerprint density at radius 2 is 1.81 bits per heavy atom. The number of nitro groups is 1. The molecule has 1 aromatic heterocycles. The number of amides is 3. The molecule has 5 atom stereocenters. The van der Waals surface area contributed by atoms with Gasteiger partial charge < -0.3 is 34.7 Å². The lowest BCUT2D eigenvalue weighted by Gasteiger charge is -2.37. The van der Waals surface area contributed by atoms with E-state index in [1.165, 1.54) is 12.1 Å². The second kappa shape index (κ2) is 15.7. The van der Waals surface area contributed by atoms with Crippen LogP contribution >= 0.6 is 0 Å². The van der Waals surface area contributed by atoms with Crippen LogP contribution in [0.4, 0.5) is 17.1 Å². The van der Waals surface area contributed by atoms with Crippen molar-refractivity contribution in [1.82, 2.24) is 9.88 Å². The summed E-state index contributed by atoms with van der Waals surface area (Å²) in [5, 5.41) is 27.4. The maximum atomic E-state index is 15.3. The summed E-state index contributed by atoms with van der Waals surface area (Å²) in [6.07, 6.45) is 2.87. The lowest BCUT2D eigenvalue weighted by molar-refractivity contribution is -0.385. The van der Waals surface area contributed by atoms with Gasteiger partial charge in [-0.3, -0.25) is 24.5 Å². The predicted molar refractivity (Wildman–Crippen MR) is 227 cm³/mol. The number of likely N-dealkylation sites (tertiary alicyclic amines) is 1. The van der Waals surface area contributed by atoms with Crippen LogP contribution in [0.2, 0.25) is 18.6 Å². The number of non-ortho nitro benzene ring substituents is 1. The quantitative estimate of drug-likeness (QED) is 0.0739. The zero-order chi connectivity index (χ0) is 41.6. The van der Waals surface area contributed by atoms with Crippen LogP contribution < -0.4 is 20.1 Å². The molecule has 14 heteroatoms. The van der Waals surface area contributed by atoms with Gasteiger partial charge in [0, 0.05) is 52.9 Å². The summed E-state index contributed by atoms with van der Waals surface area (Å²) in [4.78, 5) is 60.7. The topological polar surface area (TPSA) is 167 Å². The number of nitrogens with zero attached hydrogens (tertiary/aromatic N) is 3. The Morgan fingerprint density at radius 1 is 1.07 bits per heavy atom. The van der Waals surface area contributed by atoms with Gasteiger partial charge in [-0.1, -0.05) is 67.7 Å². The first-order valence-corrected chi connectivity index (χ1v) is 23.2. The van der Waals surface area contributed by atoms with Crippen LogP contribution in [-0.4, -0.2) is 78.1 Å². The van der Waals surface area contributed by atoms with Gasteiger partial charge in [-0.05, 0) is 65.9 Å². The molecule has 2 fully saturated rings. The number of anilines is 2. The van der Waals surface area contributed by atoms with Crippen LogP contribution in [0.5, 0.6) is 5.75 Å². The molecule has 0 unspecified atom stereocenters. The molecule has 4 aromatic carbocycles. The van der Waals surface area contributed by atoms with E-state index in [1.807, 2.05) is 73.8 Å². The lowest BCUT2D eigenvalue weighted by Crippen LogP contribution is -2.52. The summed E-state index contributed by atoms with van der Waals surface area (Å²) in [6, 6.07) is 27.2. The SMILES string of the molecule is COc1ccc([Si](C)(C)[C@@H]2[C@@H](CC(=O)N3CCC[C@H]3CO)O[C@]3(C(=O)N(Cc4ccc(NC(=O)Cc5c[nH]c6ccccc56)cc4)c4ccc([N+](=O)[O-])cc43)[C@H]2C)cc1. The van der Waals surface area contributed by atoms with Crippen molar-refractivity contribution < 1.29 is 33.9 Å². The van der Waals surface area contributed by atoms with E-state index in [-0.39, 0.29) is 61.0 Å². The molecule has 0 saturated carbocycles. The van der Waals surface area contributed by atoms with Crippen LogP contribution in [0.1, 0.15) is 42.9 Å². The molecule has 3 aliphatic rings. The summed E-state index contributed by atoms with van der Waals surface area (Å²) in [6.45, 7) is 6.97. The van der Waals surface area contributed by atoms with Gasteiger partial charge in [0.25, 0.3) is 11.6 Å². The van der Waals surface area contributed by atoms with E-state index in [0.717, 1.165) is 33.6 Å². The number of methoxy groups -OCH3 is 1. The summed E-state index contributed by atoms with van der Waals surface area (Å²) < 4.78 is 12.5. The second-order valence-electron chi connectivity index (χ2n) is 16.6. The van der Waals surface area contributed by atoms with Crippen LogP contribution in [0.15, 0.2) is 97.2 Å². The zero-order valence-electron chi connectivity index (χ0n) is 33.6. The van der Waals surface area contributed by atoms with Gasteiger partial charge in [0.15, 0.2) is 5.60 Å². The van der Waals surface area contributed by atoms with E-state index in [1.54, 1.807) is 35.1 Å². The van der Waals surface area contributed by atoms with Crippen molar-refractivity contribution in [3.05, 3.63) is 124 Å². The van der Waals surface area contributed by atoms with E-state index in [2.05, 4.69) is 23.4 Å². The molecule has 0 aliphatic carbocycles. The lowest BCUT2D eigenvalue weighted by atomic mass is 9.82. The number of aromatic amines is 1. The number of carbonyl (C=O) groups is 3. The van der Waals surface area contributed by atoms with Crippen LogP contribution in [0, 0.1) is 16.0 Å². The number of nitrogens with one attached hydrogen (secondary N) is 2. The summed E-state index contributed by atoms with van der Waals surface area (Å²) >= 11 is 0. The van der Waals surface area contributed by atoms with Gasteiger partial charge in [0.1, 0.15) is 5.75 Å². The molecule has 3 amide bonds. The van der Waals surface area contributed by atoms with Crippen molar-refractivity contribution in [3.8, 4) is 5.75 Å². The highest BCUT2D eigenvalue weighted by atomic mass is 28.3. The highest BCUT2D eigenvalue weighted by molar-refractivity contribution is 6.91. The Kier molecular flexibility index (Phi) is 10.7. The van der Waals surface area contributed by atoms with Crippen molar-refractivity contribution in [2.45, 2.75) is 75.5 Å². The van der Waals surface area contributed by atoms with Crippen molar-refractivity contribution in [3.63, 3.8) is 0 Å². The number of rotatable bonds is 12. The Labute approximate surface area is 343 Å². The molecule has 4 heterocycles. The number of aromatic nitrogens is 1. The molecule has 5 aromatic rings. The van der Waals surface area contributed by atoms with Crippen LogP contribution in [-0.2, 0) is 37.7 Å². The smallest absolute Gasteiger partial charge is 0.269 e. The molecular weight excluding hydrogens is 767 g/mol. The fourth-order valence-electron chi connectivity index (χ4n) is 9.95. The summed E-state index contributed by atoms with van der Waals surface area (Å²) in [5.74, 6) is -0.419. The molecule has 0 bridgehead atoms. The van der Waals surface area contributed by atoms with E-state index in [9.17, 15) is 24.8 Å². The molecule has 306 valence electrons. The van der Waals surface area contributed by atoms with E-state index >= 15 is 4.79 Å². The fourth-order valence-corrected chi connectivity index (χ4v) is 14.0. The third-order valence-corrected chi connectivity index (χ3v) is 17.3. The minimum atomic E-state index is -2.61. The van der Waals surface area contributed by atoms with Gasteiger partial charge in [0.05, 0.1) is 63.9 Å². The van der Waals surface area contributed by atoms with Crippen molar-refractivity contribution in [2.24, 2.45) is 5.92 Å². The van der Waals surface area contributed by atoms with Crippen LogP contribution in [0.3, 0.4) is 0 Å². The average molecular weight is 816 g/mol. The van der Waals surface area contributed by atoms with Gasteiger partial charge in [-0.2, -0.15) is 0 Å². The molecule has 8 rings (SSSR count). The number of ether oxygens (including phenoxy) is 2. The first kappa shape index (κ1) is 40.0. The third-order valence-electron chi connectivity index (χ3n) is 12.9. The Balaban J connectivity index is 1.11. The van der Waals surface area contributed by atoms with Gasteiger partial charge in [0.2, 0.25) is 11.8 Å². The number of hydrogen-bond donors (Lipinski definition) is 3. The van der Waals surface area contributed by atoms with Gasteiger partial charge >= 0.3 is 0 Å². The fraction of sp³-hybridized carbons (Fsp3) is 0.356. The first-order valence-electron chi connectivity index (χ1n) is 20.1. The number of hydrogen-bond acceptors (Lipinski definition) is 8. The van der Waals surface area contributed by atoms with Crippen molar-refractivity contribution >= 4 is 58.9 Å². The summed E-state index contributed by atoms with van der Waals surface area (Å²) in [5.41, 5.74) is 2.14. The number of H-pyrrole nitrogens is 1. The molecule has 1 spiro atoms.